The molecule has 0 spiro atoms. The Morgan fingerprint density at radius 3 is 2.63 bits per heavy atom. The van der Waals surface area contributed by atoms with Crippen LogP contribution in [0.25, 0.3) is 0 Å². The van der Waals surface area contributed by atoms with Gasteiger partial charge in [0.15, 0.2) is 0 Å². The summed E-state index contributed by atoms with van der Waals surface area (Å²) in [6, 6.07) is 0.438. The fourth-order valence-corrected chi connectivity index (χ4v) is 3.84. The maximum absolute atomic E-state index is 15.1. The predicted molar refractivity (Wildman–Crippen MR) is 124 cm³/mol. The summed E-state index contributed by atoms with van der Waals surface area (Å²) in [5, 5.41) is 2.18. The van der Waals surface area contributed by atoms with Gasteiger partial charge in [-0.25, -0.2) is 14.2 Å². The van der Waals surface area contributed by atoms with Crippen molar-refractivity contribution in [3.8, 4) is 0 Å². The number of hydrogen-bond donors (Lipinski definition) is 3. The van der Waals surface area contributed by atoms with E-state index in [9.17, 15) is 22.8 Å². The van der Waals surface area contributed by atoms with Crippen LogP contribution in [0.5, 0.6) is 0 Å². The average Bonchev–Trinajstić information content (AvgIpc) is 2.80. The zero-order valence-electron chi connectivity index (χ0n) is 19.3. The van der Waals surface area contributed by atoms with Crippen LogP contribution in [0, 0.1) is 0 Å². The lowest BCUT2D eigenvalue weighted by Crippen LogP contribution is -2.54. The topological polar surface area (TPSA) is 135 Å². The number of carbonyl (C=O) groups excluding carboxylic acids is 1. The Kier molecular flexibility index (Phi) is 7.22. The highest BCUT2D eigenvalue weighted by atomic mass is 19.4. The lowest BCUT2D eigenvalue weighted by Gasteiger charge is -2.40. The minimum absolute atomic E-state index is 0.0815. The van der Waals surface area contributed by atoms with Gasteiger partial charge in [-0.1, -0.05) is 0 Å². The first-order valence-electron chi connectivity index (χ1n) is 10.5. The Morgan fingerprint density at radius 2 is 2.03 bits per heavy atom. The Bertz CT molecular complexity index is 1200. The molecule has 2 atom stereocenters. The van der Waals surface area contributed by atoms with E-state index in [0.717, 1.165) is 16.5 Å². The van der Waals surface area contributed by atoms with Gasteiger partial charge in [0.1, 0.15) is 23.5 Å². The number of halogens is 4. The van der Waals surface area contributed by atoms with Crippen molar-refractivity contribution in [2.45, 2.75) is 24.8 Å². The maximum Gasteiger partial charge on any atom is 0.417 e. The van der Waals surface area contributed by atoms with E-state index in [4.69, 9.17) is 11.5 Å². The number of nitrogens with zero attached hydrogens (tertiary/aromatic N) is 5. The fourth-order valence-electron chi connectivity index (χ4n) is 3.84. The molecule has 14 heteroatoms. The second-order valence-electron chi connectivity index (χ2n) is 8.15. The Labute approximate surface area is 198 Å². The molecule has 35 heavy (non-hydrogen) atoms. The summed E-state index contributed by atoms with van der Waals surface area (Å²) in [6.07, 6.45) is -3.88. The number of amides is 2. The Hall–Kier alpha value is -3.84. The number of urea groups is 1. The third-order valence-electron chi connectivity index (χ3n) is 5.86. The molecule has 10 nitrogen and oxygen atoms in total. The van der Waals surface area contributed by atoms with Crippen LogP contribution < -0.4 is 27.2 Å². The minimum Gasteiger partial charge on any atom is -0.383 e. The van der Waals surface area contributed by atoms with Crippen LogP contribution in [0.4, 0.5) is 39.5 Å². The summed E-state index contributed by atoms with van der Waals surface area (Å²) in [5.41, 5.74) is 10.2. The van der Waals surface area contributed by atoms with E-state index in [1.807, 2.05) is 0 Å². The van der Waals surface area contributed by atoms with Crippen molar-refractivity contribution in [1.82, 2.24) is 14.5 Å². The standard InChI is InChI=1S/C21H26F4N8O2/c1-28-17(26)13-7-12(8-29-18(13)27)33-5-4-16(14(22)10-33)32(3)20(35)30-15-6-11(21(23,24)25)9-31(2)19(15)34/h6-9,14,16H,4-5,10H2,1-3H3,(H2,26,28)(H2,27,29)(H,30,35). The third kappa shape index (κ3) is 5.46. The lowest BCUT2D eigenvalue weighted by atomic mass is 10.0. The Balaban J connectivity index is 1.73. The van der Waals surface area contributed by atoms with E-state index in [1.165, 1.54) is 20.3 Å². The summed E-state index contributed by atoms with van der Waals surface area (Å²) in [5.74, 6) is 0.362. The molecule has 1 saturated heterocycles. The van der Waals surface area contributed by atoms with Crippen LogP contribution in [0.3, 0.4) is 0 Å². The number of piperidine rings is 1. The number of rotatable bonds is 4. The molecule has 190 valence electrons. The molecule has 2 aromatic rings. The quantitative estimate of drug-likeness (QED) is 0.334. The molecule has 1 aliphatic heterocycles. The van der Waals surface area contributed by atoms with Gasteiger partial charge in [0.05, 0.1) is 35.6 Å². The summed E-state index contributed by atoms with van der Waals surface area (Å²) >= 11 is 0. The number of nitrogens with two attached hydrogens (primary N) is 2. The number of anilines is 3. The van der Waals surface area contributed by atoms with E-state index in [2.05, 4.69) is 15.3 Å². The molecular weight excluding hydrogens is 472 g/mol. The molecule has 3 rings (SSSR count). The molecule has 1 fully saturated rings. The summed E-state index contributed by atoms with van der Waals surface area (Å²) < 4.78 is 55.1. The molecule has 2 aromatic heterocycles. The number of aliphatic imine (C=N–C) groups is 1. The molecule has 5 N–H and O–H groups in total. The molecule has 1 aliphatic rings. The molecule has 0 radical (unpaired) electrons. The normalized spacial score (nSPS) is 18.9. The number of alkyl halides is 4. The monoisotopic (exact) mass is 498 g/mol. The van der Waals surface area contributed by atoms with Crippen molar-refractivity contribution < 1.29 is 22.4 Å². The largest absolute Gasteiger partial charge is 0.417 e. The first-order chi connectivity index (χ1) is 16.3. The van der Waals surface area contributed by atoms with E-state index in [-0.39, 0.29) is 24.6 Å². The van der Waals surface area contributed by atoms with Crippen LogP contribution >= 0.6 is 0 Å². The number of nitrogens with one attached hydrogen (secondary N) is 1. The number of aromatic nitrogens is 2. The number of amidine groups is 1. The van der Waals surface area contributed by atoms with Gasteiger partial charge >= 0.3 is 12.2 Å². The van der Waals surface area contributed by atoms with Gasteiger partial charge in [-0.15, -0.1) is 0 Å². The van der Waals surface area contributed by atoms with Crippen molar-refractivity contribution in [3.05, 3.63) is 46.0 Å². The zero-order chi connectivity index (χ0) is 26.1. The molecule has 2 amide bonds. The van der Waals surface area contributed by atoms with E-state index >= 15 is 4.39 Å². The summed E-state index contributed by atoms with van der Waals surface area (Å²) in [6.45, 7) is 0.268. The molecule has 0 bridgehead atoms. The highest BCUT2D eigenvalue weighted by Crippen LogP contribution is 2.30. The smallest absolute Gasteiger partial charge is 0.383 e. The summed E-state index contributed by atoms with van der Waals surface area (Å²) in [7, 11) is 3.96. The van der Waals surface area contributed by atoms with Crippen LogP contribution in [0.1, 0.15) is 17.5 Å². The van der Waals surface area contributed by atoms with Crippen LogP contribution in [-0.4, -0.2) is 65.7 Å². The third-order valence-corrected chi connectivity index (χ3v) is 5.86. The second kappa shape index (κ2) is 9.80. The van der Waals surface area contributed by atoms with Crippen molar-refractivity contribution in [2.75, 3.05) is 43.1 Å². The van der Waals surface area contributed by atoms with Crippen molar-refractivity contribution in [2.24, 2.45) is 17.8 Å². The van der Waals surface area contributed by atoms with Crippen LogP contribution in [0.2, 0.25) is 0 Å². The fraction of sp³-hybridized carbons (Fsp3) is 0.429. The van der Waals surface area contributed by atoms with Crippen molar-refractivity contribution in [3.63, 3.8) is 0 Å². The second-order valence-corrected chi connectivity index (χ2v) is 8.15. The predicted octanol–water partition coefficient (Wildman–Crippen LogP) is 1.80. The highest BCUT2D eigenvalue weighted by molar-refractivity contribution is 6.01. The van der Waals surface area contributed by atoms with Gasteiger partial charge in [0.25, 0.3) is 5.56 Å². The lowest BCUT2D eigenvalue weighted by molar-refractivity contribution is -0.138. The maximum atomic E-state index is 15.1. The Morgan fingerprint density at radius 1 is 1.34 bits per heavy atom. The van der Waals surface area contributed by atoms with Crippen molar-refractivity contribution >= 4 is 29.1 Å². The number of aryl methyl sites for hydroxylation is 1. The molecule has 0 saturated carbocycles. The van der Waals surface area contributed by atoms with Gasteiger partial charge in [0, 0.05) is 33.9 Å². The molecule has 0 aromatic carbocycles. The number of hydrogen-bond acceptors (Lipinski definition) is 6. The molecule has 0 aliphatic carbocycles. The average molecular weight is 498 g/mol. The van der Waals surface area contributed by atoms with Crippen LogP contribution in [0.15, 0.2) is 34.3 Å². The highest BCUT2D eigenvalue weighted by Gasteiger charge is 2.36. The molecule has 3 heterocycles. The summed E-state index contributed by atoms with van der Waals surface area (Å²) in [4.78, 5) is 35.6. The molecule has 2 unspecified atom stereocenters. The van der Waals surface area contributed by atoms with Gasteiger partial charge < -0.3 is 31.2 Å². The van der Waals surface area contributed by atoms with E-state index in [1.54, 1.807) is 11.0 Å². The number of carbonyl (C=O) groups is 1. The van der Waals surface area contributed by atoms with Gasteiger partial charge in [-0.2, -0.15) is 13.2 Å². The SMILES string of the molecule is CN=C(N)c1cc(N2CCC(N(C)C(=O)Nc3cc(C(F)(F)F)cn(C)c3=O)C(F)C2)cnc1N. The van der Waals surface area contributed by atoms with Gasteiger partial charge in [-0.05, 0) is 18.6 Å². The van der Waals surface area contributed by atoms with Crippen molar-refractivity contribution in [1.29, 1.82) is 0 Å². The first-order valence-corrected chi connectivity index (χ1v) is 10.5. The zero-order valence-corrected chi connectivity index (χ0v) is 19.3. The van der Waals surface area contributed by atoms with E-state index < -0.39 is 41.2 Å². The number of pyridine rings is 2. The minimum atomic E-state index is -4.71. The van der Waals surface area contributed by atoms with Crippen LogP contribution in [-0.2, 0) is 13.2 Å². The van der Waals surface area contributed by atoms with Gasteiger partial charge in [0.2, 0.25) is 0 Å². The number of nitrogen functional groups attached to an aromatic ring is 1. The molecular formula is C21H26F4N8O2. The van der Waals surface area contributed by atoms with Gasteiger partial charge in [-0.3, -0.25) is 9.79 Å². The first kappa shape index (κ1) is 25.8. The van der Waals surface area contributed by atoms with E-state index in [0.29, 0.717) is 30.1 Å².